The van der Waals surface area contributed by atoms with Gasteiger partial charge in [-0.2, -0.15) is 0 Å². The Morgan fingerprint density at radius 1 is 0.900 bits per heavy atom. The highest BCUT2D eigenvalue weighted by Gasteiger charge is 2.26. The molecule has 1 rings (SSSR count). The lowest BCUT2D eigenvalue weighted by atomic mass is 9.76. The van der Waals surface area contributed by atoms with E-state index in [1.54, 1.807) is 0 Å². The van der Waals surface area contributed by atoms with Gasteiger partial charge in [0.15, 0.2) is 0 Å². The SMILES string of the molecule is C.CCOc1ccc(C(C)(C)CC)cc1C(C)(C)CC. The van der Waals surface area contributed by atoms with Crippen LogP contribution in [0.1, 0.15) is 79.9 Å². The molecule has 20 heavy (non-hydrogen) atoms. The van der Waals surface area contributed by atoms with Crippen molar-refractivity contribution in [3.63, 3.8) is 0 Å². The molecule has 0 heterocycles. The molecule has 0 spiro atoms. The normalized spacial score (nSPS) is 11.9. The minimum atomic E-state index is 0. The van der Waals surface area contributed by atoms with E-state index in [9.17, 15) is 0 Å². The summed E-state index contributed by atoms with van der Waals surface area (Å²) < 4.78 is 5.83. The molecule has 0 N–H and O–H groups in total. The lowest BCUT2D eigenvalue weighted by molar-refractivity contribution is 0.325. The Hall–Kier alpha value is -0.980. The summed E-state index contributed by atoms with van der Waals surface area (Å²) in [6, 6.07) is 6.74. The maximum Gasteiger partial charge on any atom is 0.123 e. The van der Waals surface area contributed by atoms with Crippen molar-refractivity contribution >= 4 is 0 Å². The van der Waals surface area contributed by atoms with Crippen LogP contribution in [-0.4, -0.2) is 6.61 Å². The van der Waals surface area contributed by atoms with E-state index in [-0.39, 0.29) is 18.3 Å². The summed E-state index contributed by atoms with van der Waals surface area (Å²) in [6.07, 6.45) is 2.26. The first kappa shape index (κ1) is 19.0. The fourth-order valence-electron chi connectivity index (χ4n) is 2.16. The molecule has 0 saturated heterocycles. The van der Waals surface area contributed by atoms with Gasteiger partial charge in [-0.3, -0.25) is 0 Å². The number of hydrogen-bond donors (Lipinski definition) is 0. The van der Waals surface area contributed by atoms with Crippen LogP contribution in [0.4, 0.5) is 0 Å². The molecule has 0 unspecified atom stereocenters. The van der Waals surface area contributed by atoms with Gasteiger partial charge in [-0.15, -0.1) is 0 Å². The van der Waals surface area contributed by atoms with E-state index in [1.165, 1.54) is 11.1 Å². The molecule has 1 nitrogen and oxygen atoms in total. The second-order valence-electron chi connectivity index (χ2n) is 6.62. The third kappa shape index (κ3) is 4.01. The van der Waals surface area contributed by atoms with Crippen molar-refractivity contribution in [3.8, 4) is 5.75 Å². The fourth-order valence-corrected chi connectivity index (χ4v) is 2.16. The van der Waals surface area contributed by atoms with E-state index in [4.69, 9.17) is 4.74 Å². The average Bonchev–Trinajstić information content (AvgIpc) is 2.39. The van der Waals surface area contributed by atoms with Crippen LogP contribution in [0.5, 0.6) is 5.75 Å². The Morgan fingerprint density at radius 2 is 1.45 bits per heavy atom. The Labute approximate surface area is 126 Å². The average molecular weight is 278 g/mol. The molecular formula is C19H34O. The summed E-state index contributed by atoms with van der Waals surface area (Å²) >= 11 is 0. The molecule has 116 valence electrons. The maximum absolute atomic E-state index is 5.83. The van der Waals surface area contributed by atoms with Gasteiger partial charge in [0, 0.05) is 5.56 Å². The van der Waals surface area contributed by atoms with Crippen molar-refractivity contribution < 1.29 is 4.74 Å². The van der Waals surface area contributed by atoms with Crippen LogP contribution < -0.4 is 4.74 Å². The largest absolute Gasteiger partial charge is 0.494 e. The van der Waals surface area contributed by atoms with Crippen LogP contribution in [0, 0.1) is 0 Å². The van der Waals surface area contributed by atoms with Gasteiger partial charge in [-0.05, 0) is 42.2 Å². The third-order valence-electron chi connectivity index (χ3n) is 4.56. The maximum atomic E-state index is 5.83. The van der Waals surface area contributed by atoms with Crippen LogP contribution >= 0.6 is 0 Å². The van der Waals surface area contributed by atoms with E-state index in [0.29, 0.717) is 0 Å². The van der Waals surface area contributed by atoms with Crippen LogP contribution in [0.15, 0.2) is 18.2 Å². The predicted octanol–water partition coefficient (Wildman–Crippen LogP) is 6.10. The second-order valence-corrected chi connectivity index (χ2v) is 6.62. The molecule has 0 saturated carbocycles. The number of rotatable bonds is 6. The van der Waals surface area contributed by atoms with Gasteiger partial charge in [0.2, 0.25) is 0 Å². The summed E-state index contributed by atoms with van der Waals surface area (Å²) in [5.74, 6) is 1.05. The molecule has 1 aromatic carbocycles. The summed E-state index contributed by atoms with van der Waals surface area (Å²) in [6.45, 7) is 16.5. The summed E-state index contributed by atoms with van der Waals surface area (Å²) in [5, 5.41) is 0. The standard InChI is InChI=1S/C18H30O.CH4/c1-8-17(4,5)14-11-12-16(19-10-3)15(13-14)18(6,7)9-2;/h11-13H,8-10H2,1-7H3;1H4. The van der Waals surface area contributed by atoms with Gasteiger partial charge >= 0.3 is 0 Å². The lowest BCUT2D eigenvalue weighted by Gasteiger charge is -2.30. The number of hydrogen-bond acceptors (Lipinski definition) is 1. The number of ether oxygens (including phenoxy) is 1. The third-order valence-corrected chi connectivity index (χ3v) is 4.56. The molecule has 0 aromatic heterocycles. The smallest absolute Gasteiger partial charge is 0.123 e. The van der Waals surface area contributed by atoms with Crippen LogP contribution in [0.3, 0.4) is 0 Å². The lowest BCUT2D eigenvalue weighted by Crippen LogP contribution is -2.21. The van der Waals surface area contributed by atoms with E-state index in [2.05, 4.69) is 59.7 Å². The molecule has 0 bridgehead atoms. The molecule has 0 aliphatic heterocycles. The minimum absolute atomic E-state index is 0. The summed E-state index contributed by atoms with van der Waals surface area (Å²) in [7, 11) is 0. The van der Waals surface area contributed by atoms with Gasteiger partial charge in [-0.1, -0.05) is 61.1 Å². The molecule has 1 heteroatoms. The molecule has 1 aromatic rings. The van der Waals surface area contributed by atoms with Gasteiger partial charge < -0.3 is 4.74 Å². The Morgan fingerprint density at radius 3 is 1.90 bits per heavy atom. The first-order chi connectivity index (χ1) is 8.78. The molecule has 0 atom stereocenters. The predicted molar refractivity (Wildman–Crippen MR) is 91.0 cm³/mol. The molecule has 0 radical (unpaired) electrons. The Balaban J connectivity index is 0.00000361. The minimum Gasteiger partial charge on any atom is -0.494 e. The van der Waals surface area contributed by atoms with Gasteiger partial charge in [0.1, 0.15) is 5.75 Å². The first-order valence-electron chi connectivity index (χ1n) is 7.56. The molecule has 0 aliphatic rings. The van der Waals surface area contributed by atoms with Crippen molar-refractivity contribution in [2.24, 2.45) is 0 Å². The highest BCUT2D eigenvalue weighted by atomic mass is 16.5. The van der Waals surface area contributed by atoms with E-state index < -0.39 is 0 Å². The topological polar surface area (TPSA) is 9.23 Å². The van der Waals surface area contributed by atoms with E-state index in [1.807, 2.05) is 6.92 Å². The quantitative estimate of drug-likeness (QED) is 0.611. The fraction of sp³-hybridized carbons (Fsp3) is 0.684. The van der Waals surface area contributed by atoms with E-state index in [0.717, 1.165) is 25.2 Å². The summed E-state index contributed by atoms with van der Waals surface area (Å²) in [4.78, 5) is 0. The zero-order valence-corrected chi connectivity index (χ0v) is 13.8. The molecule has 0 aliphatic carbocycles. The highest BCUT2D eigenvalue weighted by molar-refractivity contribution is 5.44. The molecular weight excluding hydrogens is 244 g/mol. The van der Waals surface area contributed by atoms with E-state index >= 15 is 0 Å². The zero-order chi connectivity index (χ0) is 14.7. The van der Waals surface area contributed by atoms with Crippen molar-refractivity contribution in [2.75, 3.05) is 6.61 Å². The zero-order valence-electron chi connectivity index (χ0n) is 13.8. The highest BCUT2D eigenvalue weighted by Crippen LogP contribution is 2.38. The van der Waals surface area contributed by atoms with Crippen LogP contribution in [0.25, 0.3) is 0 Å². The molecule has 0 fully saturated rings. The summed E-state index contributed by atoms with van der Waals surface area (Å²) in [5.41, 5.74) is 3.14. The second kappa shape index (κ2) is 7.15. The van der Waals surface area contributed by atoms with Crippen molar-refractivity contribution in [1.29, 1.82) is 0 Å². The van der Waals surface area contributed by atoms with Crippen LogP contribution in [0.2, 0.25) is 0 Å². The Bertz CT molecular complexity index is 416. The van der Waals surface area contributed by atoms with Gasteiger partial charge in [0.05, 0.1) is 6.61 Å². The monoisotopic (exact) mass is 278 g/mol. The number of benzene rings is 1. The van der Waals surface area contributed by atoms with Crippen LogP contribution in [-0.2, 0) is 10.8 Å². The van der Waals surface area contributed by atoms with Gasteiger partial charge in [0.25, 0.3) is 0 Å². The first-order valence-corrected chi connectivity index (χ1v) is 7.56. The molecule has 0 amide bonds. The van der Waals surface area contributed by atoms with Crippen molar-refractivity contribution in [3.05, 3.63) is 29.3 Å². The Kier molecular flexibility index (Phi) is 6.80. The van der Waals surface area contributed by atoms with Crippen molar-refractivity contribution in [2.45, 2.75) is 79.6 Å². The van der Waals surface area contributed by atoms with Crippen molar-refractivity contribution in [1.82, 2.24) is 0 Å². The van der Waals surface area contributed by atoms with Gasteiger partial charge in [-0.25, -0.2) is 0 Å².